The molecule has 0 bridgehead atoms. The molecule has 0 saturated carbocycles. The van der Waals surface area contributed by atoms with Crippen molar-refractivity contribution in [2.45, 2.75) is 6.42 Å². The number of nitrogens with one attached hydrogen (secondary N) is 2. The van der Waals surface area contributed by atoms with E-state index in [0.717, 1.165) is 50.2 Å². The summed E-state index contributed by atoms with van der Waals surface area (Å²) in [6.45, 7) is 5.96. The summed E-state index contributed by atoms with van der Waals surface area (Å²) in [4.78, 5) is 24.4. The second-order valence-corrected chi connectivity index (χ2v) is 6.91. The van der Waals surface area contributed by atoms with E-state index < -0.39 is 0 Å². The normalized spacial score (nSPS) is 15.2. The zero-order valence-corrected chi connectivity index (χ0v) is 15.4. The van der Waals surface area contributed by atoms with E-state index >= 15 is 0 Å². The van der Waals surface area contributed by atoms with Gasteiger partial charge >= 0.3 is 0 Å². The Balaban J connectivity index is 1.18. The summed E-state index contributed by atoms with van der Waals surface area (Å²) >= 11 is 0. The molecule has 1 aromatic heterocycles. The molecule has 1 aliphatic rings. The number of amides is 1. The van der Waals surface area contributed by atoms with Gasteiger partial charge in [-0.15, -0.1) is 0 Å². The number of hydrogen-bond acceptors (Lipinski definition) is 4. The molecule has 6 nitrogen and oxygen atoms in total. The minimum atomic E-state index is -0.0274. The van der Waals surface area contributed by atoms with Gasteiger partial charge in [0.25, 0.3) is 5.91 Å². The number of nitrogens with zero attached hydrogens (tertiary/aromatic N) is 3. The van der Waals surface area contributed by atoms with Gasteiger partial charge < -0.3 is 15.2 Å². The molecule has 0 atom stereocenters. The third kappa shape index (κ3) is 4.28. The summed E-state index contributed by atoms with van der Waals surface area (Å²) < 4.78 is 0. The number of piperazine rings is 1. The maximum Gasteiger partial charge on any atom is 0.251 e. The Hall–Kier alpha value is -2.86. The number of hydrogen-bond donors (Lipinski definition) is 2. The van der Waals surface area contributed by atoms with E-state index in [1.165, 1.54) is 5.69 Å². The van der Waals surface area contributed by atoms with Gasteiger partial charge in [-0.2, -0.15) is 0 Å². The van der Waals surface area contributed by atoms with Crippen LogP contribution >= 0.6 is 0 Å². The standard InChI is InChI=1S/C21H25N5O/c27-21(17-7-8-19-20(15-17)24-16-23-19)22-9-4-10-25-11-13-26(14-12-25)18-5-2-1-3-6-18/h1-3,5-8,15-16H,4,9-14H2,(H,22,27)(H,23,24). The highest BCUT2D eigenvalue weighted by molar-refractivity contribution is 5.97. The lowest BCUT2D eigenvalue weighted by Gasteiger charge is -2.36. The van der Waals surface area contributed by atoms with E-state index in [2.05, 4.69) is 55.4 Å². The molecule has 2 N–H and O–H groups in total. The summed E-state index contributed by atoms with van der Waals surface area (Å²) in [5.41, 5.74) is 3.74. The Morgan fingerprint density at radius 2 is 1.89 bits per heavy atom. The predicted molar refractivity (Wildman–Crippen MR) is 108 cm³/mol. The van der Waals surface area contributed by atoms with E-state index in [0.29, 0.717) is 12.1 Å². The Labute approximate surface area is 159 Å². The lowest BCUT2D eigenvalue weighted by atomic mass is 10.2. The number of H-pyrrole nitrogens is 1. The second-order valence-electron chi connectivity index (χ2n) is 6.91. The summed E-state index contributed by atoms with van der Waals surface area (Å²) in [6.07, 6.45) is 2.60. The fourth-order valence-corrected chi connectivity index (χ4v) is 3.55. The molecule has 2 aromatic carbocycles. The highest BCUT2D eigenvalue weighted by Crippen LogP contribution is 2.15. The molecule has 0 spiro atoms. The van der Waals surface area contributed by atoms with Crippen LogP contribution in [0.3, 0.4) is 0 Å². The van der Waals surface area contributed by atoms with Crippen molar-refractivity contribution in [2.24, 2.45) is 0 Å². The average molecular weight is 363 g/mol. The van der Waals surface area contributed by atoms with Crippen LogP contribution in [0.1, 0.15) is 16.8 Å². The smallest absolute Gasteiger partial charge is 0.251 e. The molecule has 0 radical (unpaired) electrons. The predicted octanol–water partition coefficient (Wildman–Crippen LogP) is 2.50. The lowest BCUT2D eigenvalue weighted by molar-refractivity contribution is 0.0951. The first kappa shape index (κ1) is 17.5. The number of carbonyl (C=O) groups is 1. The summed E-state index contributed by atoms with van der Waals surface area (Å²) in [5.74, 6) is -0.0274. The van der Waals surface area contributed by atoms with Crippen molar-refractivity contribution in [3.63, 3.8) is 0 Å². The minimum Gasteiger partial charge on any atom is -0.369 e. The van der Waals surface area contributed by atoms with Gasteiger partial charge in [0, 0.05) is 44.0 Å². The third-order valence-corrected chi connectivity index (χ3v) is 5.11. The highest BCUT2D eigenvalue weighted by Gasteiger charge is 2.16. The molecule has 6 heteroatoms. The topological polar surface area (TPSA) is 64.3 Å². The first-order valence-corrected chi connectivity index (χ1v) is 9.53. The monoisotopic (exact) mass is 363 g/mol. The van der Waals surface area contributed by atoms with Crippen molar-refractivity contribution in [1.29, 1.82) is 0 Å². The summed E-state index contributed by atoms with van der Waals surface area (Å²) in [5, 5.41) is 3.02. The van der Waals surface area contributed by atoms with Crippen molar-refractivity contribution >= 4 is 22.6 Å². The van der Waals surface area contributed by atoms with E-state index in [4.69, 9.17) is 0 Å². The quantitative estimate of drug-likeness (QED) is 0.661. The molecule has 1 aliphatic heterocycles. The molecule has 1 amide bonds. The largest absolute Gasteiger partial charge is 0.369 e. The first-order valence-electron chi connectivity index (χ1n) is 9.53. The van der Waals surface area contributed by atoms with Crippen molar-refractivity contribution in [3.8, 4) is 0 Å². The Morgan fingerprint density at radius 1 is 1.07 bits per heavy atom. The van der Waals surface area contributed by atoms with Crippen molar-refractivity contribution < 1.29 is 4.79 Å². The van der Waals surface area contributed by atoms with E-state index in [9.17, 15) is 4.79 Å². The molecule has 0 unspecified atom stereocenters. The summed E-state index contributed by atoms with van der Waals surface area (Å²) in [7, 11) is 0. The van der Waals surface area contributed by atoms with E-state index in [1.807, 2.05) is 18.2 Å². The molecule has 140 valence electrons. The Morgan fingerprint density at radius 3 is 2.70 bits per heavy atom. The molecule has 3 aromatic rings. The van der Waals surface area contributed by atoms with Crippen LogP contribution in [0.4, 0.5) is 5.69 Å². The number of rotatable bonds is 6. The van der Waals surface area contributed by atoms with Gasteiger partial charge in [0.1, 0.15) is 0 Å². The van der Waals surface area contributed by atoms with E-state index in [1.54, 1.807) is 6.33 Å². The Bertz CT molecular complexity index is 884. The van der Waals surface area contributed by atoms with Crippen molar-refractivity contribution in [2.75, 3.05) is 44.2 Å². The van der Waals surface area contributed by atoms with Crippen LogP contribution < -0.4 is 10.2 Å². The summed E-state index contributed by atoms with van der Waals surface area (Å²) in [6, 6.07) is 16.1. The molecule has 0 aliphatic carbocycles. The van der Waals surface area contributed by atoms with Crippen LogP contribution in [0.2, 0.25) is 0 Å². The number of benzene rings is 2. The number of carbonyl (C=O) groups excluding carboxylic acids is 1. The second kappa shape index (κ2) is 8.22. The van der Waals surface area contributed by atoms with Crippen molar-refractivity contribution in [1.82, 2.24) is 20.2 Å². The number of aromatic nitrogens is 2. The lowest BCUT2D eigenvalue weighted by Crippen LogP contribution is -2.47. The fourth-order valence-electron chi connectivity index (χ4n) is 3.55. The van der Waals surface area contributed by atoms with Gasteiger partial charge in [-0.1, -0.05) is 18.2 Å². The van der Waals surface area contributed by atoms with E-state index in [-0.39, 0.29) is 5.91 Å². The third-order valence-electron chi connectivity index (χ3n) is 5.11. The molecular formula is C21H25N5O. The van der Waals surface area contributed by atoms with Crippen LogP contribution in [0.5, 0.6) is 0 Å². The number of aromatic amines is 1. The van der Waals surface area contributed by atoms with Crippen molar-refractivity contribution in [3.05, 3.63) is 60.4 Å². The van der Waals surface area contributed by atoms with Crippen LogP contribution in [-0.2, 0) is 0 Å². The molecule has 4 rings (SSSR count). The SMILES string of the molecule is O=C(NCCCN1CCN(c2ccccc2)CC1)c1ccc2nc[nH]c2c1. The maximum atomic E-state index is 12.3. The van der Waals surface area contributed by atoms with Gasteiger partial charge in [0.2, 0.25) is 0 Å². The molecular weight excluding hydrogens is 338 g/mol. The number of para-hydroxylation sites is 1. The van der Waals surface area contributed by atoms with Gasteiger partial charge in [0.05, 0.1) is 17.4 Å². The van der Waals surface area contributed by atoms with Gasteiger partial charge in [-0.05, 0) is 43.3 Å². The van der Waals surface area contributed by atoms with Crippen LogP contribution in [0.25, 0.3) is 11.0 Å². The number of imidazole rings is 1. The zero-order valence-electron chi connectivity index (χ0n) is 15.4. The van der Waals surface area contributed by atoms with Crippen LogP contribution in [0.15, 0.2) is 54.9 Å². The zero-order chi connectivity index (χ0) is 18.5. The first-order chi connectivity index (χ1) is 13.3. The molecule has 2 heterocycles. The number of fused-ring (bicyclic) bond motifs is 1. The van der Waals surface area contributed by atoms with Gasteiger partial charge in [-0.3, -0.25) is 9.69 Å². The number of anilines is 1. The van der Waals surface area contributed by atoms with Gasteiger partial charge in [0.15, 0.2) is 0 Å². The molecule has 1 fully saturated rings. The average Bonchev–Trinajstić information content (AvgIpc) is 3.20. The van der Waals surface area contributed by atoms with Crippen LogP contribution in [0, 0.1) is 0 Å². The molecule has 1 saturated heterocycles. The highest BCUT2D eigenvalue weighted by atomic mass is 16.1. The van der Waals surface area contributed by atoms with Gasteiger partial charge in [-0.25, -0.2) is 4.98 Å². The van der Waals surface area contributed by atoms with Crippen LogP contribution in [-0.4, -0.2) is 60.0 Å². The minimum absolute atomic E-state index is 0.0274. The Kier molecular flexibility index (Phi) is 5.34. The molecule has 27 heavy (non-hydrogen) atoms. The maximum absolute atomic E-state index is 12.3. The fraction of sp³-hybridized carbons (Fsp3) is 0.333.